The van der Waals surface area contributed by atoms with Gasteiger partial charge in [-0.05, 0) is 24.6 Å². The van der Waals surface area contributed by atoms with Crippen LogP contribution in [-0.4, -0.2) is 29.9 Å². The molecule has 0 saturated carbocycles. The average Bonchev–Trinajstić information content (AvgIpc) is 2.90. The molecule has 108 valence electrons. The van der Waals surface area contributed by atoms with Crippen LogP contribution in [0.15, 0.2) is 29.8 Å². The Morgan fingerprint density at radius 2 is 1.95 bits per heavy atom. The summed E-state index contributed by atoms with van der Waals surface area (Å²) in [4.78, 5) is 4.22. The standard InChI is InChI=1S/C15H19NO3S/c1-15(17,10-14-16-6-7-20-14)9-11-4-5-12(18-2)13(8-11)19-3/h4-8,17H,9-10H2,1-3H3. The summed E-state index contributed by atoms with van der Waals surface area (Å²) >= 11 is 1.56. The molecule has 5 heteroatoms. The number of ether oxygens (including phenoxy) is 2. The third-order valence-electron chi connectivity index (χ3n) is 3.05. The number of aliphatic hydroxyl groups is 1. The number of benzene rings is 1. The van der Waals surface area contributed by atoms with E-state index in [4.69, 9.17) is 9.47 Å². The first-order valence-electron chi connectivity index (χ1n) is 6.36. The highest BCUT2D eigenvalue weighted by Gasteiger charge is 2.23. The van der Waals surface area contributed by atoms with Crippen molar-refractivity contribution in [3.8, 4) is 11.5 Å². The first kappa shape index (κ1) is 14.8. The Labute approximate surface area is 123 Å². The van der Waals surface area contributed by atoms with Crippen LogP contribution in [0.4, 0.5) is 0 Å². The highest BCUT2D eigenvalue weighted by atomic mass is 32.1. The summed E-state index contributed by atoms with van der Waals surface area (Å²) in [6.07, 6.45) is 2.83. The molecule has 1 N–H and O–H groups in total. The summed E-state index contributed by atoms with van der Waals surface area (Å²) in [6, 6.07) is 5.69. The molecule has 0 saturated heterocycles. The van der Waals surface area contributed by atoms with Crippen LogP contribution >= 0.6 is 11.3 Å². The summed E-state index contributed by atoms with van der Waals surface area (Å²) in [5.41, 5.74) is 0.168. The molecule has 1 heterocycles. The Balaban J connectivity index is 2.12. The van der Waals surface area contributed by atoms with Gasteiger partial charge < -0.3 is 14.6 Å². The second-order valence-corrected chi connectivity index (χ2v) is 5.94. The minimum Gasteiger partial charge on any atom is -0.493 e. The Morgan fingerprint density at radius 1 is 1.20 bits per heavy atom. The second-order valence-electron chi connectivity index (χ2n) is 4.97. The first-order valence-corrected chi connectivity index (χ1v) is 7.24. The molecule has 20 heavy (non-hydrogen) atoms. The Morgan fingerprint density at radius 3 is 2.55 bits per heavy atom. The molecule has 1 aromatic heterocycles. The topological polar surface area (TPSA) is 51.6 Å². The molecule has 4 nitrogen and oxygen atoms in total. The van der Waals surface area contributed by atoms with E-state index in [0.717, 1.165) is 10.6 Å². The highest BCUT2D eigenvalue weighted by molar-refractivity contribution is 7.09. The number of rotatable bonds is 6. The van der Waals surface area contributed by atoms with E-state index in [1.807, 2.05) is 30.5 Å². The highest BCUT2D eigenvalue weighted by Crippen LogP contribution is 2.29. The van der Waals surface area contributed by atoms with Crippen molar-refractivity contribution in [2.24, 2.45) is 0 Å². The molecule has 0 spiro atoms. The maximum Gasteiger partial charge on any atom is 0.160 e. The lowest BCUT2D eigenvalue weighted by Gasteiger charge is -2.22. The van der Waals surface area contributed by atoms with Crippen molar-refractivity contribution in [2.75, 3.05) is 14.2 Å². The van der Waals surface area contributed by atoms with Crippen molar-refractivity contribution >= 4 is 11.3 Å². The zero-order valence-corrected chi connectivity index (χ0v) is 12.7. The lowest BCUT2D eigenvalue weighted by atomic mass is 9.93. The second kappa shape index (κ2) is 6.24. The fourth-order valence-corrected chi connectivity index (χ4v) is 2.95. The molecule has 0 fully saturated rings. The van der Waals surface area contributed by atoms with Gasteiger partial charge in [0, 0.05) is 24.4 Å². The quantitative estimate of drug-likeness (QED) is 0.889. The molecule has 1 atom stereocenters. The molecule has 2 aromatic rings. The molecular formula is C15H19NO3S. The number of thiazole rings is 1. The normalized spacial score (nSPS) is 13.8. The molecule has 1 aromatic carbocycles. The molecule has 0 amide bonds. The SMILES string of the molecule is COc1ccc(CC(C)(O)Cc2nccs2)cc1OC. The van der Waals surface area contributed by atoms with Gasteiger partial charge >= 0.3 is 0 Å². The van der Waals surface area contributed by atoms with E-state index < -0.39 is 5.60 Å². The molecule has 0 bridgehead atoms. The van der Waals surface area contributed by atoms with Gasteiger partial charge in [-0.3, -0.25) is 0 Å². The van der Waals surface area contributed by atoms with E-state index in [1.54, 1.807) is 31.8 Å². The minimum atomic E-state index is -0.836. The van der Waals surface area contributed by atoms with Crippen LogP contribution in [0.1, 0.15) is 17.5 Å². The van der Waals surface area contributed by atoms with E-state index in [9.17, 15) is 5.11 Å². The van der Waals surface area contributed by atoms with Gasteiger partial charge in [0.05, 0.1) is 24.8 Å². The van der Waals surface area contributed by atoms with Crippen molar-refractivity contribution in [2.45, 2.75) is 25.4 Å². The third kappa shape index (κ3) is 3.71. The van der Waals surface area contributed by atoms with Crippen LogP contribution < -0.4 is 9.47 Å². The van der Waals surface area contributed by atoms with E-state index in [2.05, 4.69) is 4.98 Å². The van der Waals surface area contributed by atoms with Crippen LogP contribution in [-0.2, 0) is 12.8 Å². The van der Waals surface area contributed by atoms with Gasteiger partial charge in [-0.15, -0.1) is 11.3 Å². The lowest BCUT2D eigenvalue weighted by Crippen LogP contribution is -2.30. The zero-order valence-electron chi connectivity index (χ0n) is 11.9. The van der Waals surface area contributed by atoms with Crippen LogP contribution in [0.5, 0.6) is 11.5 Å². The zero-order chi connectivity index (χ0) is 14.6. The maximum atomic E-state index is 10.5. The molecule has 1 unspecified atom stereocenters. The Hall–Kier alpha value is -1.59. The van der Waals surface area contributed by atoms with Gasteiger partial charge in [-0.25, -0.2) is 4.98 Å². The fourth-order valence-electron chi connectivity index (χ4n) is 2.16. The predicted octanol–water partition coefficient (Wildman–Crippen LogP) is 2.70. The number of aromatic nitrogens is 1. The molecular weight excluding hydrogens is 274 g/mol. The molecule has 0 aliphatic heterocycles. The van der Waals surface area contributed by atoms with Gasteiger partial charge in [-0.1, -0.05) is 6.07 Å². The van der Waals surface area contributed by atoms with Gasteiger partial charge in [0.2, 0.25) is 0 Å². The van der Waals surface area contributed by atoms with Crippen LogP contribution in [0.3, 0.4) is 0 Å². The third-order valence-corrected chi connectivity index (χ3v) is 3.83. The summed E-state index contributed by atoms with van der Waals surface area (Å²) in [7, 11) is 3.21. The van der Waals surface area contributed by atoms with Crippen molar-refractivity contribution in [1.82, 2.24) is 4.98 Å². The molecule has 0 aliphatic rings. The minimum absolute atomic E-state index is 0.535. The Kier molecular flexibility index (Phi) is 4.62. The first-order chi connectivity index (χ1) is 9.54. The summed E-state index contributed by atoms with van der Waals surface area (Å²) < 4.78 is 10.5. The number of hydrogen-bond acceptors (Lipinski definition) is 5. The number of hydrogen-bond donors (Lipinski definition) is 1. The molecule has 0 aliphatic carbocycles. The van der Waals surface area contributed by atoms with Crippen molar-refractivity contribution < 1.29 is 14.6 Å². The molecule has 0 radical (unpaired) electrons. The average molecular weight is 293 g/mol. The summed E-state index contributed by atoms with van der Waals surface area (Å²) in [5.74, 6) is 1.37. The van der Waals surface area contributed by atoms with Gasteiger partial charge in [0.25, 0.3) is 0 Å². The fraction of sp³-hybridized carbons (Fsp3) is 0.400. The van der Waals surface area contributed by atoms with Crippen LogP contribution in [0, 0.1) is 0 Å². The number of methoxy groups -OCH3 is 2. The monoisotopic (exact) mass is 293 g/mol. The largest absolute Gasteiger partial charge is 0.493 e. The van der Waals surface area contributed by atoms with Crippen molar-refractivity contribution in [1.29, 1.82) is 0 Å². The van der Waals surface area contributed by atoms with Crippen molar-refractivity contribution in [3.05, 3.63) is 40.3 Å². The Bertz CT molecular complexity index is 552. The summed E-state index contributed by atoms with van der Waals surface area (Å²) in [5, 5.41) is 13.4. The van der Waals surface area contributed by atoms with E-state index >= 15 is 0 Å². The van der Waals surface area contributed by atoms with E-state index in [-0.39, 0.29) is 0 Å². The van der Waals surface area contributed by atoms with Crippen LogP contribution in [0.25, 0.3) is 0 Å². The maximum absolute atomic E-state index is 10.5. The van der Waals surface area contributed by atoms with Gasteiger partial charge in [0.15, 0.2) is 11.5 Å². The predicted molar refractivity (Wildman–Crippen MR) is 79.7 cm³/mol. The van der Waals surface area contributed by atoms with Crippen LogP contribution in [0.2, 0.25) is 0 Å². The van der Waals surface area contributed by atoms with E-state index in [1.165, 1.54) is 0 Å². The summed E-state index contributed by atoms with van der Waals surface area (Å²) in [6.45, 7) is 1.82. The van der Waals surface area contributed by atoms with Crippen molar-refractivity contribution in [3.63, 3.8) is 0 Å². The lowest BCUT2D eigenvalue weighted by molar-refractivity contribution is 0.0607. The number of nitrogens with zero attached hydrogens (tertiary/aromatic N) is 1. The van der Waals surface area contributed by atoms with E-state index in [0.29, 0.717) is 24.3 Å². The van der Waals surface area contributed by atoms with Gasteiger partial charge in [-0.2, -0.15) is 0 Å². The van der Waals surface area contributed by atoms with Gasteiger partial charge in [0.1, 0.15) is 0 Å². The smallest absolute Gasteiger partial charge is 0.160 e. The molecule has 2 rings (SSSR count).